The van der Waals surface area contributed by atoms with Crippen molar-refractivity contribution >= 4 is 27.0 Å². The first-order valence-corrected chi connectivity index (χ1v) is 11.2. The summed E-state index contributed by atoms with van der Waals surface area (Å²) in [5, 5.41) is 0.604. The zero-order chi connectivity index (χ0) is 23.4. The van der Waals surface area contributed by atoms with Crippen molar-refractivity contribution in [3.63, 3.8) is 0 Å². The maximum atomic E-state index is 12.5. The van der Waals surface area contributed by atoms with Gasteiger partial charge in [-0.15, -0.1) is 0 Å². The highest BCUT2D eigenvalue weighted by molar-refractivity contribution is 7.89. The molecule has 0 amide bonds. The van der Waals surface area contributed by atoms with Gasteiger partial charge in [0.2, 0.25) is 10.0 Å². The maximum absolute atomic E-state index is 12.5. The summed E-state index contributed by atoms with van der Waals surface area (Å²) in [6.45, 7) is -0.165. The molecule has 33 heavy (non-hydrogen) atoms. The quantitative estimate of drug-likeness (QED) is 0.308. The number of esters is 1. The molecule has 4 aromatic rings. The lowest BCUT2D eigenvalue weighted by Crippen LogP contribution is -2.23. The first-order chi connectivity index (χ1) is 15.9. The van der Waals surface area contributed by atoms with Gasteiger partial charge >= 0.3 is 11.6 Å². The minimum Gasteiger partial charge on any atom is -0.497 e. The molecule has 170 valence electrons. The Morgan fingerprint density at radius 2 is 1.85 bits per heavy atom. The van der Waals surface area contributed by atoms with E-state index in [2.05, 4.69) is 4.72 Å². The van der Waals surface area contributed by atoms with Crippen LogP contribution in [0.2, 0.25) is 0 Å². The van der Waals surface area contributed by atoms with Gasteiger partial charge in [0.1, 0.15) is 23.7 Å². The number of carbonyl (C=O) groups excluding carboxylic acids is 1. The molecule has 4 rings (SSSR count). The molecule has 2 aromatic carbocycles. The van der Waals surface area contributed by atoms with E-state index < -0.39 is 21.6 Å². The van der Waals surface area contributed by atoms with Crippen molar-refractivity contribution in [2.45, 2.75) is 18.0 Å². The molecule has 0 saturated heterocycles. The van der Waals surface area contributed by atoms with Crippen LogP contribution in [-0.2, 0) is 27.9 Å². The van der Waals surface area contributed by atoms with Crippen LogP contribution in [0.25, 0.3) is 11.0 Å². The monoisotopic (exact) mass is 469 g/mol. The maximum Gasteiger partial charge on any atom is 0.338 e. The molecule has 0 unspecified atom stereocenters. The second-order valence-corrected chi connectivity index (χ2v) is 8.72. The Morgan fingerprint density at radius 1 is 1.06 bits per heavy atom. The van der Waals surface area contributed by atoms with Gasteiger partial charge in [-0.25, -0.2) is 22.7 Å². The number of methoxy groups -OCH3 is 1. The summed E-state index contributed by atoms with van der Waals surface area (Å²) in [5.41, 5.74) is 0.357. The third-order valence-electron chi connectivity index (χ3n) is 4.81. The largest absolute Gasteiger partial charge is 0.497 e. The minimum atomic E-state index is -3.79. The summed E-state index contributed by atoms with van der Waals surface area (Å²) in [7, 11) is -2.29. The SMILES string of the molecule is COc1ccc2c(COC(=O)c3ccc(S(=O)(=O)NCc4ccco4)cc3)cc(=O)oc2c1. The number of furan rings is 1. The van der Waals surface area contributed by atoms with Crippen molar-refractivity contribution in [3.05, 3.63) is 94.2 Å². The Balaban J connectivity index is 1.44. The van der Waals surface area contributed by atoms with E-state index in [1.807, 2.05) is 0 Å². The summed E-state index contributed by atoms with van der Waals surface area (Å²) < 4.78 is 48.0. The van der Waals surface area contributed by atoms with Crippen LogP contribution in [0.4, 0.5) is 0 Å². The Morgan fingerprint density at radius 3 is 2.55 bits per heavy atom. The van der Waals surface area contributed by atoms with E-state index in [0.717, 1.165) is 0 Å². The average Bonchev–Trinajstić information content (AvgIpc) is 3.34. The lowest BCUT2D eigenvalue weighted by Gasteiger charge is -2.09. The molecule has 0 aliphatic heterocycles. The molecule has 2 heterocycles. The summed E-state index contributed by atoms with van der Waals surface area (Å²) in [4.78, 5) is 24.3. The first-order valence-electron chi connectivity index (χ1n) is 9.76. The van der Waals surface area contributed by atoms with Gasteiger partial charge in [0.25, 0.3) is 0 Å². The number of rotatable bonds is 8. The van der Waals surface area contributed by atoms with E-state index >= 15 is 0 Å². The Hall–Kier alpha value is -3.89. The zero-order valence-corrected chi connectivity index (χ0v) is 18.3. The molecule has 0 fully saturated rings. The van der Waals surface area contributed by atoms with Crippen LogP contribution < -0.4 is 15.1 Å². The van der Waals surface area contributed by atoms with Crippen LogP contribution in [-0.4, -0.2) is 21.5 Å². The molecule has 1 N–H and O–H groups in total. The lowest BCUT2D eigenvalue weighted by molar-refractivity contribution is 0.0473. The van der Waals surface area contributed by atoms with E-state index in [1.54, 1.807) is 30.3 Å². The van der Waals surface area contributed by atoms with Gasteiger partial charge in [-0.05, 0) is 48.5 Å². The molecule has 0 aliphatic carbocycles. The van der Waals surface area contributed by atoms with Crippen molar-refractivity contribution in [1.82, 2.24) is 4.72 Å². The van der Waals surface area contributed by atoms with Crippen LogP contribution >= 0.6 is 0 Å². The summed E-state index contributed by atoms with van der Waals surface area (Å²) in [6.07, 6.45) is 1.45. The van der Waals surface area contributed by atoms with Gasteiger partial charge in [0, 0.05) is 23.1 Å². The lowest BCUT2D eigenvalue weighted by atomic mass is 10.1. The fourth-order valence-electron chi connectivity index (χ4n) is 3.12. The number of benzene rings is 2. The van der Waals surface area contributed by atoms with Crippen molar-refractivity contribution in [2.24, 2.45) is 0 Å². The fourth-order valence-corrected chi connectivity index (χ4v) is 4.11. The minimum absolute atomic E-state index is 0.00399. The predicted molar refractivity (Wildman–Crippen MR) is 117 cm³/mol. The van der Waals surface area contributed by atoms with E-state index in [9.17, 15) is 18.0 Å². The van der Waals surface area contributed by atoms with Crippen molar-refractivity contribution < 1.29 is 31.5 Å². The summed E-state index contributed by atoms with van der Waals surface area (Å²) in [5.74, 6) is 0.325. The van der Waals surface area contributed by atoms with Crippen LogP contribution in [0, 0.1) is 0 Å². The van der Waals surface area contributed by atoms with E-state index in [0.29, 0.717) is 28.0 Å². The van der Waals surface area contributed by atoms with Crippen LogP contribution in [0.3, 0.4) is 0 Å². The van der Waals surface area contributed by atoms with Gasteiger partial charge in [0.15, 0.2) is 0 Å². The molecular formula is C23H19NO8S. The number of fused-ring (bicyclic) bond motifs is 1. The number of carbonyl (C=O) groups is 1. The zero-order valence-electron chi connectivity index (χ0n) is 17.4. The summed E-state index contributed by atoms with van der Waals surface area (Å²) in [6, 6.07) is 14.9. The van der Waals surface area contributed by atoms with Crippen LogP contribution in [0.15, 0.2) is 85.5 Å². The molecule has 0 radical (unpaired) electrons. The summed E-state index contributed by atoms with van der Waals surface area (Å²) >= 11 is 0. The highest BCUT2D eigenvalue weighted by atomic mass is 32.2. The fraction of sp³-hybridized carbons (Fsp3) is 0.130. The Labute approximate surface area is 188 Å². The van der Waals surface area contributed by atoms with Crippen molar-refractivity contribution in [3.8, 4) is 5.75 Å². The molecule has 0 saturated carbocycles. The van der Waals surface area contributed by atoms with E-state index in [4.69, 9.17) is 18.3 Å². The van der Waals surface area contributed by atoms with E-state index in [-0.39, 0.29) is 23.6 Å². The highest BCUT2D eigenvalue weighted by Gasteiger charge is 2.16. The number of hydrogen-bond donors (Lipinski definition) is 1. The molecule has 9 nitrogen and oxygen atoms in total. The second kappa shape index (κ2) is 9.31. The Bertz CT molecular complexity index is 1440. The highest BCUT2D eigenvalue weighted by Crippen LogP contribution is 2.23. The standard InChI is InChI=1S/C23H19NO8S/c1-29-17-6-9-20-16(11-22(25)32-21(20)12-17)14-31-23(26)15-4-7-19(8-5-15)33(27,28)24-13-18-3-2-10-30-18/h2-12,24H,13-14H2,1H3. The average molecular weight is 469 g/mol. The second-order valence-electron chi connectivity index (χ2n) is 6.96. The van der Waals surface area contributed by atoms with Crippen LogP contribution in [0.1, 0.15) is 21.7 Å². The van der Waals surface area contributed by atoms with Gasteiger partial charge in [-0.3, -0.25) is 0 Å². The molecule has 2 aromatic heterocycles. The molecular weight excluding hydrogens is 450 g/mol. The number of sulfonamides is 1. The molecule has 0 aliphatic rings. The smallest absolute Gasteiger partial charge is 0.338 e. The Kier molecular flexibility index (Phi) is 6.29. The molecule has 10 heteroatoms. The molecule has 0 spiro atoms. The predicted octanol–water partition coefficient (Wildman–Crippen LogP) is 3.23. The topological polar surface area (TPSA) is 125 Å². The van der Waals surface area contributed by atoms with Crippen molar-refractivity contribution in [2.75, 3.05) is 7.11 Å². The number of hydrogen-bond acceptors (Lipinski definition) is 8. The van der Waals surface area contributed by atoms with Crippen molar-refractivity contribution in [1.29, 1.82) is 0 Å². The third-order valence-corrected chi connectivity index (χ3v) is 6.23. The first kappa shape index (κ1) is 22.3. The van der Waals surface area contributed by atoms with Gasteiger partial charge in [-0.2, -0.15) is 0 Å². The number of nitrogens with one attached hydrogen (secondary N) is 1. The van der Waals surface area contributed by atoms with Gasteiger partial charge in [0.05, 0.1) is 30.4 Å². The van der Waals surface area contributed by atoms with E-state index in [1.165, 1.54) is 43.7 Å². The third kappa shape index (κ3) is 5.13. The molecule has 0 atom stereocenters. The number of ether oxygens (including phenoxy) is 2. The van der Waals surface area contributed by atoms with Gasteiger partial charge in [-0.1, -0.05) is 0 Å². The van der Waals surface area contributed by atoms with Crippen LogP contribution in [0.5, 0.6) is 5.75 Å². The normalized spacial score (nSPS) is 11.4. The molecule has 0 bridgehead atoms. The van der Waals surface area contributed by atoms with Gasteiger partial charge < -0.3 is 18.3 Å².